The quantitative estimate of drug-likeness (QED) is 0.692. The van der Waals surface area contributed by atoms with E-state index in [0.717, 1.165) is 6.92 Å². The van der Waals surface area contributed by atoms with Crippen LogP contribution in [-0.2, 0) is 4.79 Å². The molecule has 0 saturated heterocycles. The fourth-order valence-corrected chi connectivity index (χ4v) is 1.72. The lowest BCUT2D eigenvalue weighted by atomic mass is 10.0. The zero-order chi connectivity index (χ0) is 14.6. The van der Waals surface area contributed by atoms with Crippen molar-refractivity contribution in [3.05, 3.63) is 0 Å². The third-order valence-electron chi connectivity index (χ3n) is 1.89. The number of thioether (sulfide) groups is 1. The number of hydrogen-bond acceptors (Lipinski definition) is 2. The molecule has 18 heavy (non-hydrogen) atoms. The van der Waals surface area contributed by atoms with Crippen molar-refractivity contribution in [2.45, 2.75) is 44.2 Å². The highest BCUT2D eigenvalue weighted by molar-refractivity contribution is 8.13. The lowest BCUT2D eigenvalue weighted by Gasteiger charge is -2.23. The van der Waals surface area contributed by atoms with Gasteiger partial charge < -0.3 is 0 Å². The lowest BCUT2D eigenvalue weighted by Crippen LogP contribution is -2.40. The van der Waals surface area contributed by atoms with Crippen molar-refractivity contribution in [3.63, 3.8) is 0 Å². The van der Waals surface area contributed by atoms with Crippen molar-refractivity contribution in [1.29, 1.82) is 0 Å². The van der Waals surface area contributed by atoms with E-state index < -0.39 is 48.2 Å². The molecule has 108 valence electrons. The number of rotatable bonds is 6. The van der Waals surface area contributed by atoms with E-state index in [1.54, 1.807) is 0 Å². The van der Waals surface area contributed by atoms with Gasteiger partial charge in [-0.15, -0.1) is 0 Å². The van der Waals surface area contributed by atoms with E-state index in [4.69, 9.17) is 0 Å². The highest BCUT2D eigenvalue weighted by atomic mass is 32.2. The molecule has 0 aromatic rings. The minimum absolute atomic E-state index is 0.470. The summed E-state index contributed by atoms with van der Waals surface area (Å²) in [5.74, 6) is -4.71. The summed E-state index contributed by atoms with van der Waals surface area (Å²) in [6.07, 6.45) is -15.4. The Balaban J connectivity index is 4.35. The number of alkyl halides is 7. The first-order chi connectivity index (χ1) is 7.96. The van der Waals surface area contributed by atoms with Gasteiger partial charge in [0, 0.05) is 19.1 Å². The Hall–Kier alpha value is -0.470. The molecule has 0 aromatic heterocycles. The molecule has 0 amide bonds. The van der Waals surface area contributed by atoms with Crippen LogP contribution in [0.2, 0.25) is 0 Å². The maximum Gasteiger partial charge on any atom is 0.392 e. The summed E-state index contributed by atoms with van der Waals surface area (Å²) in [6.45, 7) is 1.09. The van der Waals surface area contributed by atoms with Gasteiger partial charge in [-0.3, -0.25) is 4.79 Å². The molecule has 0 rings (SSSR count). The molecule has 0 radical (unpaired) electrons. The SMILES string of the molecule is CC(=O)SCCC(F)(F)C(F)C(F)CC(F)(F)F. The minimum atomic E-state index is -5.05. The molecule has 0 saturated carbocycles. The zero-order valence-corrected chi connectivity index (χ0v) is 10.1. The van der Waals surface area contributed by atoms with Gasteiger partial charge in [-0.25, -0.2) is 17.6 Å². The molecule has 0 N–H and O–H groups in total. The zero-order valence-electron chi connectivity index (χ0n) is 9.24. The first kappa shape index (κ1) is 17.5. The molecule has 2 atom stereocenters. The molecule has 0 spiro atoms. The molecule has 0 bridgehead atoms. The highest BCUT2D eigenvalue weighted by Crippen LogP contribution is 2.35. The van der Waals surface area contributed by atoms with Crippen molar-refractivity contribution >= 4 is 16.9 Å². The average molecular weight is 300 g/mol. The number of halogens is 7. The predicted molar refractivity (Wildman–Crippen MR) is 53.2 cm³/mol. The number of hydrogen-bond donors (Lipinski definition) is 0. The van der Waals surface area contributed by atoms with Crippen LogP contribution in [-0.4, -0.2) is 35.3 Å². The molecule has 0 fully saturated rings. The van der Waals surface area contributed by atoms with Crippen LogP contribution in [0.15, 0.2) is 0 Å². The van der Waals surface area contributed by atoms with E-state index in [1.807, 2.05) is 0 Å². The smallest absolute Gasteiger partial charge is 0.288 e. The van der Waals surface area contributed by atoms with Crippen molar-refractivity contribution in [3.8, 4) is 0 Å². The maximum absolute atomic E-state index is 13.0. The summed E-state index contributed by atoms with van der Waals surface area (Å²) in [7, 11) is 0. The third kappa shape index (κ3) is 7.07. The molecule has 2 unspecified atom stereocenters. The Morgan fingerprint density at radius 3 is 2.06 bits per heavy atom. The summed E-state index contributed by atoms with van der Waals surface area (Å²) >= 11 is 0.470. The predicted octanol–water partition coefficient (Wildman–Crippen LogP) is 3.92. The van der Waals surface area contributed by atoms with E-state index >= 15 is 0 Å². The molecule has 0 aromatic carbocycles. The van der Waals surface area contributed by atoms with Gasteiger partial charge in [-0.2, -0.15) is 13.2 Å². The first-order valence-electron chi connectivity index (χ1n) is 4.82. The van der Waals surface area contributed by atoms with E-state index in [2.05, 4.69) is 0 Å². The maximum atomic E-state index is 13.0. The van der Waals surface area contributed by atoms with Gasteiger partial charge in [0.15, 0.2) is 11.3 Å². The second-order valence-corrected chi connectivity index (χ2v) is 4.86. The van der Waals surface area contributed by atoms with Crippen molar-refractivity contribution < 1.29 is 35.5 Å². The van der Waals surface area contributed by atoms with Crippen LogP contribution >= 0.6 is 11.8 Å². The summed E-state index contributed by atoms with van der Waals surface area (Å²) < 4.78 is 86.7. The molecule has 0 aliphatic carbocycles. The van der Waals surface area contributed by atoms with Crippen LogP contribution in [0.25, 0.3) is 0 Å². The van der Waals surface area contributed by atoms with Gasteiger partial charge in [0.25, 0.3) is 5.92 Å². The van der Waals surface area contributed by atoms with E-state index in [1.165, 1.54) is 0 Å². The lowest BCUT2D eigenvalue weighted by molar-refractivity contribution is -0.169. The molecule has 0 aliphatic heterocycles. The summed E-state index contributed by atoms with van der Waals surface area (Å²) in [4.78, 5) is 10.4. The monoisotopic (exact) mass is 300 g/mol. The van der Waals surface area contributed by atoms with Gasteiger partial charge in [0.2, 0.25) is 0 Å². The molecular formula is C9H11F7OS. The molecule has 1 nitrogen and oxygen atoms in total. The topological polar surface area (TPSA) is 17.1 Å². The van der Waals surface area contributed by atoms with Gasteiger partial charge in [0.1, 0.15) is 6.17 Å². The van der Waals surface area contributed by atoms with Crippen molar-refractivity contribution in [2.75, 3.05) is 5.75 Å². The fourth-order valence-electron chi connectivity index (χ4n) is 1.06. The van der Waals surface area contributed by atoms with Gasteiger partial charge in [-0.1, -0.05) is 11.8 Å². The standard InChI is InChI=1S/C9H11F7OS/c1-5(17)18-3-2-8(12,13)7(11)6(10)4-9(14,15)16/h6-7H,2-4H2,1H3. The van der Waals surface area contributed by atoms with Crippen LogP contribution < -0.4 is 0 Å². The Morgan fingerprint density at radius 1 is 1.17 bits per heavy atom. The van der Waals surface area contributed by atoms with Crippen LogP contribution in [0.5, 0.6) is 0 Å². The van der Waals surface area contributed by atoms with Crippen LogP contribution in [0.4, 0.5) is 30.7 Å². The molecule has 0 aliphatic rings. The second kappa shape index (κ2) is 6.63. The average Bonchev–Trinajstić information content (AvgIpc) is 2.12. The fraction of sp³-hybridized carbons (Fsp3) is 0.889. The summed E-state index contributed by atoms with van der Waals surface area (Å²) in [5.41, 5.74) is 0. The Labute approximate surface area is 103 Å². The molecule has 9 heteroatoms. The van der Waals surface area contributed by atoms with Gasteiger partial charge in [-0.05, 0) is 0 Å². The molecular weight excluding hydrogens is 289 g/mol. The Morgan fingerprint density at radius 2 is 1.67 bits per heavy atom. The van der Waals surface area contributed by atoms with Gasteiger partial charge in [0.05, 0.1) is 6.42 Å². The van der Waals surface area contributed by atoms with Crippen molar-refractivity contribution in [2.24, 2.45) is 0 Å². The van der Waals surface area contributed by atoms with Gasteiger partial charge >= 0.3 is 6.18 Å². The first-order valence-corrected chi connectivity index (χ1v) is 5.80. The number of carbonyl (C=O) groups is 1. The van der Waals surface area contributed by atoms with E-state index in [9.17, 15) is 35.5 Å². The Bertz CT molecular complexity index is 279. The largest absolute Gasteiger partial charge is 0.392 e. The van der Waals surface area contributed by atoms with Crippen LogP contribution in [0.1, 0.15) is 19.8 Å². The summed E-state index contributed by atoms with van der Waals surface area (Å²) in [6, 6.07) is 0. The van der Waals surface area contributed by atoms with E-state index in [-0.39, 0.29) is 0 Å². The summed E-state index contributed by atoms with van der Waals surface area (Å²) in [5, 5.41) is -0.492. The minimum Gasteiger partial charge on any atom is -0.288 e. The normalized spacial score (nSPS) is 16.4. The Kier molecular flexibility index (Phi) is 6.45. The van der Waals surface area contributed by atoms with Crippen LogP contribution in [0, 0.1) is 0 Å². The number of carbonyl (C=O) groups excluding carboxylic acids is 1. The van der Waals surface area contributed by atoms with E-state index in [0.29, 0.717) is 11.8 Å². The third-order valence-corrected chi connectivity index (χ3v) is 2.70. The highest BCUT2D eigenvalue weighted by Gasteiger charge is 2.48. The molecule has 0 heterocycles. The van der Waals surface area contributed by atoms with Crippen molar-refractivity contribution in [1.82, 2.24) is 0 Å². The van der Waals surface area contributed by atoms with Crippen LogP contribution in [0.3, 0.4) is 0 Å². The second-order valence-electron chi connectivity index (χ2n) is 3.59.